The minimum Gasteiger partial charge on any atom is -0.465 e. The van der Waals surface area contributed by atoms with Crippen LogP contribution >= 0.6 is 0 Å². The van der Waals surface area contributed by atoms with Crippen LogP contribution in [0.5, 0.6) is 0 Å². The molecular weight excluding hydrogens is 326 g/mol. The lowest BCUT2D eigenvalue weighted by Crippen LogP contribution is -2.12. The molecule has 0 aliphatic rings. The summed E-state index contributed by atoms with van der Waals surface area (Å²) in [5, 5.41) is 9.19. The molecule has 0 aromatic heterocycles. The minimum absolute atomic E-state index is 0.0641. The third-order valence-corrected chi connectivity index (χ3v) is 4.06. The number of ketones is 1. The van der Waals surface area contributed by atoms with Gasteiger partial charge in [-0.2, -0.15) is 5.26 Å². The summed E-state index contributed by atoms with van der Waals surface area (Å²) in [6.07, 6.45) is 2.55. The lowest BCUT2D eigenvalue weighted by molar-refractivity contribution is -0.146. The number of rotatable bonds is 9. The number of hydrogen-bond acceptors (Lipinski definition) is 4. The molecule has 0 aliphatic carbocycles. The van der Waals surface area contributed by atoms with E-state index in [-0.39, 0.29) is 12.2 Å². The Morgan fingerprint density at radius 3 is 2.50 bits per heavy atom. The first-order chi connectivity index (χ1) is 12.6. The molecule has 0 saturated carbocycles. The molecule has 2 rings (SSSR count). The number of Topliss-reactive ketones (excluding diaryl/α,β-unsaturated/α-hetero) is 1. The fraction of sp³-hybridized carbons (Fsp3) is 0.318. The maximum Gasteiger partial charge on any atom is 0.313 e. The summed E-state index contributed by atoms with van der Waals surface area (Å²) < 4.78 is 5.11. The van der Waals surface area contributed by atoms with E-state index >= 15 is 0 Å². The first-order valence-corrected chi connectivity index (χ1v) is 8.89. The number of aryl methyl sites for hydroxylation is 1. The second-order valence-corrected chi connectivity index (χ2v) is 6.14. The van der Waals surface area contributed by atoms with E-state index in [0.717, 1.165) is 29.5 Å². The number of esters is 1. The first-order valence-electron chi connectivity index (χ1n) is 8.89. The third kappa shape index (κ3) is 5.86. The molecule has 26 heavy (non-hydrogen) atoms. The van der Waals surface area contributed by atoms with Gasteiger partial charge in [0, 0.05) is 6.42 Å². The van der Waals surface area contributed by atoms with Gasteiger partial charge in [-0.1, -0.05) is 49.4 Å². The molecule has 4 nitrogen and oxygen atoms in total. The van der Waals surface area contributed by atoms with Crippen molar-refractivity contribution in [1.82, 2.24) is 0 Å². The molecule has 0 saturated heterocycles. The van der Waals surface area contributed by atoms with Gasteiger partial charge in [-0.05, 0) is 42.0 Å². The van der Waals surface area contributed by atoms with Gasteiger partial charge < -0.3 is 4.74 Å². The number of benzene rings is 2. The molecule has 134 valence electrons. The molecule has 2 aromatic carbocycles. The molecule has 0 bridgehead atoms. The van der Waals surface area contributed by atoms with Crippen molar-refractivity contribution in [2.45, 2.75) is 39.0 Å². The topological polar surface area (TPSA) is 67.2 Å². The van der Waals surface area contributed by atoms with Gasteiger partial charge in [-0.15, -0.1) is 0 Å². The van der Waals surface area contributed by atoms with Crippen LogP contribution in [0, 0.1) is 11.3 Å². The van der Waals surface area contributed by atoms with Crippen molar-refractivity contribution in [3.8, 4) is 17.2 Å². The Labute approximate surface area is 154 Å². The molecule has 0 aliphatic heterocycles. The molecule has 0 amide bonds. The lowest BCUT2D eigenvalue weighted by Gasteiger charge is -2.07. The van der Waals surface area contributed by atoms with Crippen molar-refractivity contribution in [1.29, 1.82) is 5.26 Å². The van der Waals surface area contributed by atoms with E-state index in [4.69, 9.17) is 4.74 Å². The number of carbonyl (C=O) groups is 2. The second-order valence-electron chi connectivity index (χ2n) is 6.14. The Morgan fingerprint density at radius 2 is 1.81 bits per heavy atom. The van der Waals surface area contributed by atoms with Crippen molar-refractivity contribution in [2.24, 2.45) is 0 Å². The fourth-order valence-corrected chi connectivity index (χ4v) is 2.72. The van der Waals surface area contributed by atoms with Crippen molar-refractivity contribution < 1.29 is 14.3 Å². The summed E-state index contributed by atoms with van der Waals surface area (Å²) in [6.45, 7) is 2.23. The van der Waals surface area contributed by atoms with Crippen molar-refractivity contribution >= 4 is 11.8 Å². The van der Waals surface area contributed by atoms with Gasteiger partial charge >= 0.3 is 5.97 Å². The molecule has 0 radical (unpaired) electrons. The van der Waals surface area contributed by atoms with E-state index in [1.54, 1.807) is 0 Å². The zero-order chi connectivity index (χ0) is 18.8. The number of nitrogens with zero attached hydrogens (tertiary/aromatic N) is 1. The van der Waals surface area contributed by atoms with Crippen LogP contribution in [-0.4, -0.2) is 18.4 Å². The molecule has 0 N–H and O–H groups in total. The van der Waals surface area contributed by atoms with Crippen molar-refractivity contribution in [3.63, 3.8) is 0 Å². The summed E-state index contributed by atoms with van der Waals surface area (Å²) in [6, 6.07) is 17.8. The number of nitriles is 1. The molecule has 0 unspecified atom stereocenters. The Bertz CT molecular complexity index is 788. The molecule has 0 fully saturated rings. The summed E-state index contributed by atoms with van der Waals surface area (Å²) in [4.78, 5) is 22.9. The predicted octanol–water partition coefficient (Wildman–Crippen LogP) is 4.46. The summed E-state index contributed by atoms with van der Waals surface area (Å²) in [5.74, 6) is -0.502. The van der Waals surface area contributed by atoms with Gasteiger partial charge in [0.05, 0.1) is 18.2 Å². The number of hydrogen-bond donors (Lipinski definition) is 0. The normalized spacial score (nSPS) is 10.2. The Balaban J connectivity index is 1.80. The van der Waals surface area contributed by atoms with Crippen LogP contribution in [-0.2, 0) is 20.7 Å². The van der Waals surface area contributed by atoms with E-state index in [2.05, 4.69) is 6.07 Å². The summed E-state index contributed by atoms with van der Waals surface area (Å²) >= 11 is 0. The largest absolute Gasteiger partial charge is 0.465 e. The third-order valence-electron chi connectivity index (χ3n) is 4.06. The van der Waals surface area contributed by atoms with E-state index in [1.807, 2.05) is 55.5 Å². The van der Waals surface area contributed by atoms with Crippen LogP contribution in [0.4, 0.5) is 0 Å². The highest BCUT2D eigenvalue weighted by atomic mass is 16.5. The summed E-state index contributed by atoms with van der Waals surface area (Å²) in [7, 11) is 0. The Morgan fingerprint density at radius 1 is 1.08 bits per heavy atom. The van der Waals surface area contributed by atoms with Crippen molar-refractivity contribution in [2.75, 3.05) is 6.61 Å². The van der Waals surface area contributed by atoms with Crippen LogP contribution < -0.4 is 0 Å². The SMILES string of the molecule is CCCC(=O)CC(=O)OCCCc1ccc(-c2ccccc2C#N)cc1. The van der Waals surface area contributed by atoms with E-state index in [0.29, 0.717) is 25.0 Å². The zero-order valence-electron chi connectivity index (χ0n) is 15.0. The highest BCUT2D eigenvalue weighted by Gasteiger charge is 2.09. The maximum absolute atomic E-state index is 11.5. The summed E-state index contributed by atoms with van der Waals surface area (Å²) in [5.41, 5.74) is 3.73. The van der Waals surface area contributed by atoms with Crippen LogP contribution in [0.2, 0.25) is 0 Å². The standard InChI is InChI=1S/C22H23NO3/c1-2-6-20(24)15-22(25)26-14-5-7-17-10-12-18(13-11-17)21-9-4-3-8-19(21)16-23/h3-4,8-13H,2,5-7,14-15H2,1H3. The van der Waals surface area contributed by atoms with E-state index in [1.165, 1.54) is 0 Å². The second kappa shape index (κ2) is 10.1. The molecule has 0 spiro atoms. The maximum atomic E-state index is 11.5. The molecule has 4 heteroatoms. The van der Waals surface area contributed by atoms with Gasteiger partial charge in [0.25, 0.3) is 0 Å². The monoisotopic (exact) mass is 349 g/mol. The van der Waals surface area contributed by atoms with Crippen LogP contribution in [0.1, 0.15) is 43.7 Å². The highest BCUT2D eigenvalue weighted by Crippen LogP contribution is 2.23. The smallest absolute Gasteiger partial charge is 0.313 e. The van der Waals surface area contributed by atoms with Gasteiger partial charge in [-0.3, -0.25) is 9.59 Å². The van der Waals surface area contributed by atoms with Crippen LogP contribution in [0.3, 0.4) is 0 Å². The van der Waals surface area contributed by atoms with E-state index < -0.39 is 5.97 Å². The van der Waals surface area contributed by atoms with Gasteiger partial charge in [0.1, 0.15) is 12.2 Å². The van der Waals surface area contributed by atoms with Crippen LogP contribution in [0.25, 0.3) is 11.1 Å². The highest BCUT2D eigenvalue weighted by molar-refractivity contribution is 5.95. The molecular formula is C22H23NO3. The quantitative estimate of drug-likeness (QED) is 0.381. The molecule has 0 atom stereocenters. The number of ether oxygens (including phenoxy) is 1. The number of carbonyl (C=O) groups excluding carboxylic acids is 2. The Kier molecular flexibility index (Phi) is 7.57. The predicted molar refractivity (Wildman–Crippen MR) is 100 cm³/mol. The average Bonchev–Trinajstić information content (AvgIpc) is 2.66. The average molecular weight is 349 g/mol. The van der Waals surface area contributed by atoms with Crippen LogP contribution in [0.15, 0.2) is 48.5 Å². The van der Waals surface area contributed by atoms with Gasteiger partial charge in [0.15, 0.2) is 0 Å². The molecule has 2 aromatic rings. The molecule has 0 heterocycles. The first kappa shape index (κ1) is 19.4. The van der Waals surface area contributed by atoms with E-state index in [9.17, 15) is 14.9 Å². The minimum atomic E-state index is -0.438. The zero-order valence-corrected chi connectivity index (χ0v) is 15.0. The van der Waals surface area contributed by atoms with Gasteiger partial charge in [-0.25, -0.2) is 0 Å². The fourth-order valence-electron chi connectivity index (χ4n) is 2.72. The van der Waals surface area contributed by atoms with Crippen molar-refractivity contribution in [3.05, 3.63) is 59.7 Å². The van der Waals surface area contributed by atoms with Gasteiger partial charge in [0.2, 0.25) is 0 Å². The lowest BCUT2D eigenvalue weighted by atomic mass is 9.98. The Hall–Kier alpha value is -2.93.